The first-order chi connectivity index (χ1) is 18.4. The van der Waals surface area contributed by atoms with Crippen LogP contribution >= 0.6 is 0 Å². The second kappa shape index (κ2) is 9.75. The van der Waals surface area contributed by atoms with Crippen LogP contribution in [0.5, 0.6) is 0 Å². The third-order valence-electron chi connectivity index (χ3n) is 12.3. The second-order valence-corrected chi connectivity index (χ2v) is 13.9. The monoisotopic (exact) mass is 550 g/mol. The van der Waals surface area contributed by atoms with E-state index in [1.165, 1.54) is 13.2 Å². The fourth-order valence-corrected chi connectivity index (χ4v) is 10.2. The van der Waals surface area contributed by atoms with E-state index in [4.69, 9.17) is 18.9 Å². The van der Waals surface area contributed by atoms with Crippen LogP contribution in [-0.4, -0.2) is 88.6 Å². The molecular formula is C30H46O9. The van der Waals surface area contributed by atoms with Crippen LogP contribution in [0.2, 0.25) is 0 Å². The van der Waals surface area contributed by atoms with Crippen molar-refractivity contribution in [2.75, 3.05) is 13.7 Å². The van der Waals surface area contributed by atoms with E-state index in [0.29, 0.717) is 18.3 Å². The summed E-state index contributed by atoms with van der Waals surface area (Å²) in [5.41, 5.74) is -0.601. The number of rotatable bonds is 4. The summed E-state index contributed by atoms with van der Waals surface area (Å²) in [4.78, 5) is 11.8. The van der Waals surface area contributed by atoms with Crippen molar-refractivity contribution in [2.24, 2.45) is 34.5 Å². The lowest BCUT2D eigenvalue weighted by Crippen LogP contribution is -2.62. The van der Waals surface area contributed by atoms with Crippen molar-refractivity contribution >= 4 is 5.97 Å². The van der Waals surface area contributed by atoms with Gasteiger partial charge in [0, 0.05) is 30.9 Å². The average Bonchev–Trinajstić information content (AvgIpc) is 3.39. The maximum Gasteiger partial charge on any atom is 0.331 e. The minimum absolute atomic E-state index is 0.0547. The lowest BCUT2D eigenvalue weighted by atomic mass is 9.43. The molecule has 4 aliphatic carbocycles. The van der Waals surface area contributed by atoms with Crippen molar-refractivity contribution in [3.05, 3.63) is 11.6 Å². The summed E-state index contributed by atoms with van der Waals surface area (Å²) < 4.78 is 22.7. The van der Waals surface area contributed by atoms with Gasteiger partial charge in [-0.1, -0.05) is 13.8 Å². The molecule has 6 rings (SSSR count). The quantitative estimate of drug-likeness (QED) is 0.307. The first-order valence-corrected chi connectivity index (χ1v) is 14.9. The zero-order valence-electron chi connectivity index (χ0n) is 23.6. The Hall–Kier alpha value is -1.07. The normalized spacial score (nSPS) is 55.3. The molecule has 0 aromatic heterocycles. The molecule has 220 valence electrons. The number of aliphatic hydroxyl groups excluding tert-OH is 3. The molecule has 6 aliphatic rings. The van der Waals surface area contributed by atoms with Crippen LogP contribution in [0, 0.1) is 34.5 Å². The van der Waals surface area contributed by atoms with Gasteiger partial charge in [-0.15, -0.1) is 0 Å². The molecule has 0 spiro atoms. The third-order valence-corrected chi connectivity index (χ3v) is 12.3. The number of fused-ring (bicyclic) bond motifs is 5. The Morgan fingerprint density at radius 1 is 1.03 bits per heavy atom. The van der Waals surface area contributed by atoms with Crippen molar-refractivity contribution in [1.82, 2.24) is 0 Å². The van der Waals surface area contributed by atoms with Gasteiger partial charge in [-0.05, 0) is 80.6 Å². The number of carbonyl (C=O) groups excluding carboxylic acids is 1. The molecule has 0 bridgehead atoms. The number of hydrogen-bond donors (Lipinski definition) is 4. The molecule has 0 unspecified atom stereocenters. The third kappa shape index (κ3) is 4.09. The summed E-state index contributed by atoms with van der Waals surface area (Å²) >= 11 is 0. The highest BCUT2D eigenvalue weighted by Gasteiger charge is 2.70. The molecule has 4 saturated carbocycles. The van der Waals surface area contributed by atoms with E-state index < -0.39 is 47.8 Å². The smallest absolute Gasteiger partial charge is 0.331 e. The van der Waals surface area contributed by atoms with Crippen molar-refractivity contribution < 1.29 is 44.2 Å². The summed E-state index contributed by atoms with van der Waals surface area (Å²) in [7, 11) is 1.48. The predicted molar refractivity (Wildman–Crippen MR) is 139 cm³/mol. The highest BCUT2D eigenvalue weighted by atomic mass is 16.7. The number of carbonyl (C=O) groups is 1. The molecule has 14 atom stereocenters. The SMILES string of the molecule is CO[C@@H]1[C@@H](O)[C@H](O[C@H]2CC[C@@]3(C)[C@H](CC[C@@H]4[C@@H]3CC[C@]3(C)[C@@H](C5=CC(=O)OC5)[C@@H](O)C[C@]43O)C2)O[C@H](C)[C@H]1O. The van der Waals surface area contributed by atoms with E-state index in [-0.39, 0.29) is 35.9 Å². The van der Waals surface area contributed by atoms with Crippen molar-refractivity contribution in [3.63, 3.8) is 0 Å². The van der Waals surface area contributed by atoms with E-state index in [9.17, 15) is 25.2 Å². The molecule has 9 nitrogen and oxygen atoms in total. The number of hydrogen-bond acceptors (Lipinski definition) is 9. The van der Waals surface area contributed by atoms with E-state index in [1.54, 1.807) is 6.92 Å². The zero-order chi connectivity index (χ0) is 27.9. The van der Waals surface area contributed by atoms with Crippen molar-refractivity contribution in [2.45, 2.75) is 121 Å². The van der Waals surface area contributed by atoms with Crippen LogP contribution in [0.15, 0.2) is 11.6 Å². The van der Waals surface area contributed by atoms with E-state index in [2.05, 4.69) is 13.8 Å². The molecular weight excluding hydrogens is 504 g/mol. The van der Waals surface area contributed by atoms with E-state index >= 15 is 0 Å². The minimum Gasteiger partial charge on any atom is -0.458 e. The largest absolute Gasteiger partial charge is 0.458 e. The van der Waals surface area contributed by atoms with Gasteiger partial charge in [-0.3, -0.25) is 0 Å². The summed E-state index contributed by atoms with van der Waals surface area (Å²) in [6, 6.07) is 0. The number of methoxy groups -OCH3 is 1. The molecule has 0 aromatic rings. The average molecular weight is 551 g/mol. The number of aliphatic hydroxyl groups is 4. The Bertz CT molecular complexity index is 1000. The Morgan fingerprint density at radius 3 is 2.49 bits per heavy atom. The molecule has 0 aromatic carbocycles. The summed E-state index contributed by atoms with van der Waals surface area (Å²) in [5, 5.41) is 44.7. The fourth-order valence-electron chi connectivity index (χ4n) is 10.2. The number of cyclic esters (lactones) is 1. The van der Waals surface area contributed by atoms with Gasteiger partial charge in [0.1, 0.15) is 24.9 Å². The molecule has 5 fully saturated rings. The Kier molecular flexibility index (Phi) is 7.02. The molecule has 0 amide bonds. The maximum atomic E-state index is 12.4. The standard InChI is InChI=1S/C30H46O9/c1-15-24(33)26(36-4)25(34)27(38-15)39-18-7-9-28(2)17(12-18)5-6-20-19(28)8-10-29(3)23(16-11-22(32)37-14-16)21(31)13-30(20,29)35/h11,15,17-21,23-27,31,33-35H,5-10,12-14H2,1-4H3/t15-,17-,18+,19+,20-,21+,23+,24-,25-,26+,27+,28+,29-,30+/m1/s1. The second-order valence-electron chi connectivity index (χ2n) is 13.9. The Balaban J connectivity index is 1.17. The molecule has 9 heteroatoms. The van der Waals surface area contributed by atoms with Gasteiger partial charge in [-0.25, -0.2) is 4.79 Å². The van der Waals surface area contributed by atoms with Crippen LogP contribution in [0.25, 0.3) is 0 Å². The van der Waals surface area contributed by atoms with Crippen molar-refractivity contribution in [1.29, 1.82) is 0 Å². The highest BCUT2D eigenvalue weighted by molar-refractivity contribution is 5.85. The van der Waals surface area contributed by atoms with E-state index in [0.717, 1.165) is 50.5 Å². The lowest BCUT2D eigenvalue weighted by Gasteiger charge is -2.63. The minimum atomic E-state index is -1.06. The van der Waals surface area contributed by atoms with Gasteiger partial charge in [-0.2, -0.15) is 0 Å². The van der Waals surface area contributed by atoms with Crippen LogP contribution in [0.4, 0.5) is 0 Å². The molecule has 0 radical (unpaired) electrons. The summed E-state index contributed by atoms with van der Waals surface area (Å²) in [5.74, 6) is 0.260. The zero-order valence-corrected chi connectivity index (χ0v) is 23.6. The first-order valence-electron chi connectivity index (χ1n) is 14.9. The number of ether oxygens (including phenoxy) is 4. The van der Waals surface area contributed by atoms with Gasteiger partial charge >= 0.3 is 5.97 Å². The molecule has 39 heavy (non-hydrogen) atoms. The first kappa shape index (κ1) is 28.1. The van der Waals surface area contributed by atoms with Crippen LogP contribution in [-0.2, 0) is 23.7 Å². The molecule has 2 aliphatic heterocycles. The molecule has 1 saturated heterocycles. The molecule has 2 heterocycles. The topological polar surface area (TPSA) is 135 Å². The predicted octanol–water partition coefficient (Wildman–Crippen LogP) is 2.08. The maximum absolute atomic E-state index is 12.4. The van der Waals surface area contributed by atoms with Crippen LogP contribution in [0.1, 0.15) is 72.1 Å². The lowest BCUT2D eigenvalue weighted by molar-refractivity contribution is -0.313. The van der Waals surface area contributed by atoms with Gasteiger partial charge < -0.3 is 39.4 Å². The summed E-state index contributed by atoms with van der Waals surface area (Å²) in [6.45, 7) is 6.48. The van der Waals surface area contributed by atoms with Crippen LogP contribution in [0.3, 0.4) is 0 Å². The number of esters is 1. The van der Waals surface area contributed by atoms with Crippen molar-refractivity contribution in [3.8, 4) is 0 Å². The van der Waals surface area contributed by atoms with Gasteiger partial charge in [0.15, 0.2) is 6.29 Å². The van der Waals surface area contributed by atoms with Gasteiger partial charge in [0.2, 0.25) is 0 Å². The fraction of sp³-hybridized carbons (Fsp3) is 0.900. The molecule has 4 N–H and O–H groups in total. The Labute approximate surface area is 230 Å². The summed E-state index contributed by atoms with van der Waals surface area (Å²) in [6.07, 6.45) is 3.40. The van der Waals surface area contributed by atoms with E-state index in [1.807, 2.05) is 0 Å². The van der Waals surface area contributed by atoms with Crippen LogP contribution < -0.4 is 0 Å². The van der Waals surface area contributed by atoms with Gasteiger partial charge in [0.05, 0.1) is 23.9 Å². The highest BCUT2D eigenvalue weighted by Crippen LogP contribution is 2.70. The van der Waals surface area contributed by atoms with Gasteiger partial charge in [0.25, 0.3) is 0 Å². The Morgan fingerprint density at radius 2 is 1.79 bits per heavy atom.